The topological polar surface area (TPSA) is 91.2 Å². The average Bonchev–Trinajstić information content (AvgIpc) is 2.83. The van der Waals surface area contributed by atoms with Crippen LogP contribution < -0.4 is 34.7 Å². The van der Waals surface area contributed by atoms with Crippen molar-refractivity contribution in [3.8, 4) is 0 Å². The van der Waals surface area contributed by atoms with Crippen molar-refractivity contribution in [2.45, 2.75) is 36.1 Å². The van der Waals surface area contributed by atoms with Gasteiger partial charge in [-0.15, -0.1) is 16.9 Å². The number of hydrogen-bond acceptors (Lipinski definition) is 6. The molecule has 1 aromatic heterocycles. The van der Waals surface area contributed by atoms with E-state index in [1.807, 2.05) is 6.92 Å². The Morgan fingerprint density at radius 1 is 1.68 bits per heavy atom. The SMILES string of the molecule is C[C@@]1(Cn2ccnn2)S[C@H]2CC(=O)N2[C@H]1C(=O)[O-].[Na+]. The summed E-state index contributed by atoms with van der Waals surface area (Å²) in [5.41, 5.74) is 0. The smallest absolute Gasteiger partial charge is 0.548 e. The van der Waals surface area contributed by atoms with Gasteiger partial charge in [-0.1, -0.05) is 5.21 Å². The maximum Gasteiger partial charge on any atom is 1.00 e. The first-order valence-corrected chi connectivity index (χ1v) is 6.43. The number of hydrogen-bond donors (Lipinski definition) is 0. The number of aromatic nitrogens is 3. The van der Waals surface area contributed by atoms with Crippen molar-refractivity contribution >= 4 is 23.6 Å². The van der Waals surface area contributed by atoms with Gasteiger partial charge in [0, 0.05) is 6.20 Å². The molecule has 2 aliphatic heterocycles. The maximum absolute atomic E-state index is 11.5. The molecular formula is C10H11N4NaO3S. The fourth-order valence-corrected chi connectivity index (χ4v) is 4.35. The van der Waals surface area contributed by atoms with Gasteiger partial charge in [0.05, 0.1) is 41.3 Å². The third-order valence-electron chi connectivity index (χ3n) is 3.38. The molecule has 3 atom stereocenters. The first kappa shape index (κ1) is 14.8. The molecule has 0 radical (unpaired) electrons. The quantitative estimate of drug-likeness (QED) is 0.411. The molecule has 0 spiro atoms. The van der Waals surface area contributed by atoms with Gasteiger partial charge >= 0.3 is 29.6 Å². The van der Waals surface area contributed by atoms with Gasteiger partial charge in [0.25, 0.3) is 0 Å². The summed E-state index contributed by atoms with van der Waals surface area (Å²) in [6.45, 7) is 2.21. The van der Waals surface area contributed by atoms with Crippen LogP contribution >= 0.6 is 11.8 Å². The Kier molecular flexibility index (Phi) is 3.97. The van der Waals surface area contributed by atoms with Crippen molar-refractivity contribution < 1.29 is 44.3 Å². The van der Waals surface area contributed by atoms with E-state index in [0.29, 0.717) is 13.0 Å². The molecule has 3 rings (SSSR count). The van der Waals surface area contributed by atoms with Crippen molar-refractivity contribution in [2.75, 3.05) is 0 Å². The number of fused-ring (bicyclic) bond motifs is 1. The first-order chi connectivity index (χ1) is 8.51. The Morgan fingerprint density at radius 2 is 2.42 bits per heavy atom. The number of nitrogens with zero attached hydrogens (tertiary/aromatic N) is 4. The third kappa shape index (κ3) is 2.31. The van der Waals surface area contributed by atoms with Crippen LogP contribution in [-0.4, -0.2) is 47.9 Å². The van der Waals surface area contributed by atoms with E-state index in [1.54, 1.807) is 10.9 Å². The number of carbonyl (C=O) groups is 2. The number of aliphatic carboxylic acids is 1. The van der Waals surface area contributed by atoms with Crippen LogP contribution in [0.4, 0.5) is 0 Å². The van der Waals surface area contributed by atoms with Gasteiger partial charge in [0.1, 0.15) is 0 Å². The van der Waals surface area contributed by atoms with Crippen molar-refractivity contribution in [3.63, 3.8) is 0 Å². The van der Waals surface area contributed by atoms with E-state index in [4.69, 9.17) is 0 Å². The summed E-state index contributed by atoms with van der Waals surface area (Å²) in [6, 6.07) is -0.905. The van der Waals surface area contributed by atoms with Crippen molar-refractivity contribution in [1.82, 2.24) is 19.9 Å². The monoisotopic (exact) mass is 290 g/mol. The number of amides is 1. The molecule has 1 amide bonds. The van der Waals surface area contributed by atoms with Crippen LogP contribution in [0, 0.1) is 0 Å². The second kappa shape index (κ2) is 5.08. The zero-order chi connectivity index (χ0) is 12.9. The number of carboxylic acids is 1. The van der Waals surface area contributed by atoms with E-state index >= 15 is 0 Å². The molecule has 7 nitrogen and oxygen atoms in total. The number of thioether (sulfide) groups is 1. The molecule has 2 fully saturated rings. The van der Waals surface area contributed by atoms with Crippen LogP contribution in [0.1, 0.15) is 13.3 Å². The van der Waals surface area contributed by atoms with E-state index in [2.05, 4.69) is 10.3 Å². The Hall–Kier alpha value is -0.570. The summed E-state index contributed by atoms with van der Waals surface area (Å²) >= 11 is 1.50. The van der Waals surface area contributed by atoms with Crippen LogP contribution in [0.15, 0.2) is 12.4 Å². The summed E-state index contributed by atoms with van der Waals surface area (Å²) in [5.74, 6) is -1.33. The predicted octanol–water partition coefficient (Wildman–Crippen LogP) is -4.54. The van der Waals surface area contributed by atoms with Gasteiger partial charge in [-0.3, -0.25) is 9.48 Å². The molecule has 2 saturated heterocycles. The molecule has 0 aliphatic carbocycles. The van der Waals surface area contributed by atoms with Crippen LogP contribution in [-0.2, 0) is 16.1 Å². The van der Waals surface area contributed by atoms with E-state index in [-0.39, 0.29) is 40.8 Å². The minimum Gasteiger partial charge on any atom is -0.548 e. The van der Waals surface area contributed by atoms with Gasteiger partial charge in [0.2, 0.25) is 5.91 Å². The van der Waals surface area contributed by atoms with Crippen LogP contribution in [0.3, 0.4) is 0 Å². The van der Waals surface area contributed by atoms with Gasteiger partial charge in [-0.2, -0.15) is 0 Å². The number of β-lactam (4-membered cyclic amide) rings is 1. The molecule has 96 valence electrons. The van der Waals surface area contributed by atoms with Gasteiger partial charge < -0.3 is 14.8 Å². The number of rotatable bonds is 3. The third-order valence-corrected chi connectivity index (χ3v) is 4.94. The van der Waals surface area contributed by atoms with Crippen molar-refractivity contribution in [1.29, 1.82) is 0 Å². The second-order valence-electron chi connectivity index (χ2n) is 4.71. The Bertz CT molecular complexity index is 511. The van der Waals surface area contributed by atoms with Crippen LogP contribution in [0.25, 0.3) is 0 Å². The van der Waals surface area contributed by atoms with Gasteiger partial charge in [-0.25, -0.2) is 0 Å². The average molecular weight is 290 g/mol. The minimum absolute atomic E-state index is 0. The summed E-state index contributed by atoms with van der Waals surface area (Å²) in [4.78, 5) is 24.2. The molecule has 0 bridgehead atoms. The van der Waals surface area contributed by atoms with E-state index in [0.717, 1.165) is 0 Å². The molecule has 1 aromatic rings. The summed E-state index contributed by atoms with van der Waals surface area (Å²) < 4.78 is 0.947. The molecule has 19 heavy (non-hydrogen) atoms. The van der Waals surface area contributed by atoms with E-state index in [9.17, 15) is 14.7 Å². The summed E-state index contributed by atoms with van der Waals surface area (Å²) in [6.07, 6.45) is 3.62. The zero-order valence-electron chi connectivity index (χ0n) is 10.6. The van der Waals surface area contributed by atoms with Crippen LogP contribution in [0.5, 0.6) is 0 Å². The fourth-order valence-electron chi connectivity index (χ4n) is 2.60. The fraction of sp³-hybridized carbons (Fsp3) is 0.600. The molecule has 0 aromatic carbocycles. The molecular weight excluding hydrogens is 279 g/mol. The largest absolute Gasteiger partial charge is 1.00 e. The number of carbonyl (C=O) groups excluding carboxylic acids is 2. The van der Waals surface area contributed by atoms with Crippen LogP contribution in [0.2, 0.25) is 0 Å². The second-order valence-corrected chi connectivity index (χ2v) is 6.42. The van der Waals surface area contributed by atoms with E-state index in [1.165, 1.54) is 22.9 Å². The van der Waals surface area contributed by atoms with Crippen molar-refractivity contribution in [3.05, 3.63) is 12.4 Å². The molecule has 3 heterocycles. The number of carboxylic acid groups (broad SMARTS) is 1. The zero-order valence-corrected chi connectivity index (χ0v) is 13.5. The van der Waals surface area contributed by atoms with E-state index < -0.39 is 16.8 Å². The van der Waals surface area contributed by atoms with Gasteiger partial charge in [-0.05, 0) is 6.92 Å². The Morgan fingerprint density at radius 3 is 2.95 bits per heavy atom. The minimum atomic E-state index is -1.21. The summed E-state index contributed by atoms with van der Waals surface area (Å²) in [7, 11) is 0. The molecule has 0 saturated carbocycles. The normalized spacial score (nSPS) is 32.5. The Balaban J connectivity index is 0.00000133. The molecule has 9 heteroatoms. The first-order valence-electron chi connectivity index (χ1n) is 5.55. The van der Waals surface area contributed by atoms with Gasteiger partial charge in [0.15, 0.2) is 0 Å². The van der Waals surface area contributed by atoms with Crippen molar-refractivity contribution in [2.24, 2.45) is 0 Å². The molecule has 0 unspecified atom stereocenters. The molecule has 0 N–H and O–H groups in total. The predicted molar refractivity (Wildman–Crippen MR) is 60.1 cm³/mol. The summed E-state index contributed by atoms with van der Waals surface area (Å²) in [5, 5.41) is 18.8. The standard InChI is InChI=1S/C10H12N4O3S.Na/c1-10(5-13-3-2-11-12-13)8(9(16)17)14-6(15)4-7(14)18-10;/h2-3,7-8H,4-5H2,1H3,(H,16,17);/q;+1/p-1/t7-,8-,10-;/m0./s1. The maximum atomic E-state index is 11.5. The Labute approximate surface area is 136 Å². The molecule has 2 aliphatic rings.